The van der Waals surface area contributed by atoms with E-state index in [0.717, 1.165) is 11.1 Å². The van der Waals surface area contributed by atoms with Crippen molar-refractivity contribution in [2.24, 2.45) is 0 Å². The molecule has 2 atom stereocenters. The van der Waals surface area contributed by atoms with Crippen molar-refractivity contribution in [3.8, 4) is 23.8 Å². The summed E-state index contributed by atoms with van der Waals surface area (Å²) in [5, 5.41) is 6.04. The Balaban J connectivity index is 1.35. The van der Waals surface area contributed by atoms with Gasteiger partial charge in [-0.15, -0.1) is 6.42 Å². The molecule has 0 bridgehead atoms. The molecule has 3 heterocycles. The van der Waals surface area contributed by atoms with E-state index in [4.69, 9.17) is 15.9 Å². The number of piperazine rings is 1. The molecule has 3 aromatic carbocycles. The summed E-state index contributed by atoms with van der Waals surface area (Å²) in [6.07, 6.45) is 4.87. The van der Waals surface area contributed by atoms with Crippen LogP contribution in [-0.4, -0.2) is 70.3 Å². The first-order chi connectivity index (χ1) is 20.0. The number of rotatable bonds is 6. The number of nitrogens with zero attached hydrogens (tertiary/aromatic N) is 4. The Labute approximate surface area is 238 Å². The quantitative estimate of drug-likeness (QED) is 0.474. The zero-order valence-electron chi connectivity index (χ0n) is 22.3. The predicted molar refractivity (Wildman–Crippen MR) is 149 cm³/mol. The maximum absolute atomic E-state index is 14.1. The van der Waals surface area contributed by atoms with Gasteiger partial charge in [-0.25, -0.2) is 9.80 Å². The van der Waals surface area contributed by atoms with Crippen molar-refractivity contribution in [1.29, 1.82) is 0 Å². The second kappa shape index (κ2) is 11.2. The largest absolute Gasteiger partial charge is 0.454 e. The van der Waals surface area contributed by atoms with Crippen LogP contribution in [-0.2, 0) is 22.7 Å². The van der Waals surface area contributed by atoms with Gasteiger partial charge in [-0.05, 0) is 28.8 Å². The minimum atomic E-state index is -0.908. The minimum Gasteiger partial charge on any atom is -0.454 e. The fraction of sp³-hybridized carbons (Fsp3) is 0.258. The molecule has 41 heavy (non-hydrogen) atoms. The number of nitrogens with one attached hydrogen (secondary N) is 1. The number of fused-ring (bicyclic) bond motifs is 2. The number of terminal acetylenes is 1. The lowest BCUT2D eigenvalue weighted by atomic mass is 9.98. The summed E-state index contributed by atoms with van der Waals surface area (Å²) in [5.74, 6) is 3.33. The zero-order chi connectivity index (χ0) is 28.3. The van der Waals surface area contributed by atoms with Crippen LogP contribution in [0.1, 0.15) is 22.7 Å². The monoisotopic (exact) mass is 551 g/mol. The molecule has 3 aliphatic heterocycles. The van der Waals surface area contributed by atoms with Gasteiger partial charge in [-0.1, -0.05) is 72.7 Å². The Morgan fingerprint density at radius 3 is 2.44 bits per heavy atom. The Kier molecular flexibility index (Phi) is 7.18. The predicted octanol–water partition coefficient (Wildman–Crippen LogP) is 2.73. The molecule has 0 aromatic heterocycles. The van der Waals surface area contributed by atoms with Gasteiger partial charge in [0.15, 0.2) is 11.5 Å². The number of hydrogen-bond donors (Lipinski definition) is 1. The van der Waals surface area contributed by atoms with Gasteiger partial charge in [0, 0.05) is 13.1 Å². The molecule has 0 spiro atoms. The third-order valence-corrected chi connectivity index (χ3v) is 7.42. The lowest BCUT2D eigenvalue weighted by molar-refractivity contribution is -0.190. The van der Waals surface area contributed by atoms with Crippen LogP contribution >= 0.6 is 0 Å². The summed E-state index contributed by atoms with van der Waals surface area (Å²) in [5.41, 5.74) is 2.44. The smallest absolute Gasteiger partial charge is 0.334 e. The highest BCUT2D eigenvalue weighted by molar-refractivity contribution is 5.92. The van der Waals surface area contributed by atoms with E-state index in [2.05, 4.69) is 11.2 Å². The minimum absolute atomic E-state index is 0.0565. The van der Waals surface area contributed by atoms with Gasteiger partial charge in [-0.2, -0.15) is 5.01 Å². The highest BCUT2D eigenvalue weighted by Crippen LogP contribution is 2.37. The molecule has 6 rings (SSSR count). The van der Waals surface area contributed by atoms with Crippen molar-refractivity contribution in [2.75, 3.05) is 26.4 Å². The van der Waals surface area contributed by atoms with Gasteiger partial charge in [-0.3, -0.25) is 9.59 Å². The first-order valence-corrected chi connectivity index (χ1v) is 13.4. The second-order valence-electron chi connectivity index (χ2n) is 10.0. The van der Waals surface area contributed by atoms with E-state index in [0.29, 0.717) is 23.6 Å². The van der Waals surface area contributed by atoms with E-state index >= 15 is 0 Å². The van der Waals surface area contributed by atoms with Gasteiger partial charge in [0.05, 0.1) is 19.6 Å². The molecule has 10 heteroatoms. The van der Waals surface area contributed by atoms with Crippen LogP contribution in [0.4, 0.5) is 4.79 Å². The first kappa shape index (κ1) is 26.2. The molecule has 0 aliphatic carbocycles. The van der Waals surface area contributed by atoms with Gasteiger partial charge in [0.25, 0.3) is 5.91 Å². The molecular weight excluding hydrogens is 522 g/mol. The lowest BCUT2D eigenvalue weighted by Gasteiger charge is -2.54. The van der Waals surface area contributed by atoms with Crippen molar-refractivity contribution in [3.63, 3.8) is 0 Å². The average Bonchev–Trinajstić information content (AvgIpc) is 3.46. The Bertz CT molecular complexity index is 1490. The van der Waals surface area contributed by atoms with Crippen LogP contribution in [0, 0.1) is 12.3 Å². The van der Waals surface area contributed by atoms with E-state index in [9.17, 15) is 14.4 Å². The summed E-state index contributed by atoms with van der Waals surface area (Å²) < 4.78 is 11.0. The molecule has 208 valence electrons. The number of hydrogen-bond acceptors (Lipinski definition) is 6. The maximum atomic E-state index is 14.1. The zero-order valence-corrected chi connectivity index (χ0v) is 22.3. The average molecular weight is 552 g/mol. The van der Waals surface area contributed by atoms with Crippen LogP contribution in [0.2, 0.25) is 0 Å². The van der Waals surface area contributed by atoms with Crippen molar-refractivity contribution in [1.82, 2.24) is 25.1 Å². The number of amides is 4. The SMILES string of the molecule is C#CCN1CC(=O)N2[C@@H](c3ccccc3)C(=O)N(Cc3ccc4c(c3)OCO4)C[C@@H]2N1C(=O)NCc1ccccc1. The van der Waals surface area contributed by atoms with Crippen molar-refractivity contribution >= 4 is 17.8 Å². The number of hydrazine groups is 1. The third-order valence-electron chi connectivity index (χ3n) is 7.42. The number of carbonyl (C=O) groups is 3. The topological polar surface area (TPSA) is 94.7 Å². The molecule has 3 aromatic rings. The lowest BCUT2D eigenvalue weighted by Crippen LogP contribution is -2.74. The highest BCUT2D eigenvalue weighted by atomic mass is 16.7. The van der Waals surface area contributed by atoms with Crippen LogP contribution < -0.4 is 14.8 Å². The van der Waals surface area contributed by atoms with Gasteiger partial charge in [0.1, 0.15) is 12.2 Å². The molecule has 4 amide bonds. The Hall–Kier alpha value is -5.01. The standard InChI is InChI=1S/C31H29N5O5/c1-2-15-34-20-28(37)35-27(36(34)31(39)32-17-22-9-5-3-6-10-22)19-33(30(38)29(35)24-11-7-4-8-12-24)18-23-13-14-25-26(16-23)41-21-40-25/h1,3-14,16,27,29H,15,17-21H2,(H,32,39)/t27-,29-/m0/s1. The second-order valence-corrected chi connectivity index (χ2v) is 10.0. The Morgan fingerprint density at radius 1 is 0.951 bits per heavy atom. The van der Waals surface area contributed by atoms with Crippen LogP contribution in [0.5, 0.6) is 11.5 Å². The third kappa shape index (κ3) is 5.15. The molecule has 0 radical (unpaired) electrons. The van der Waals surface area contributed by atoms with Crippen molar-refractivity contribution in [3.05, 3.63) is 95.6 Å². The fourth-order valence-corrected chi connectivity index (χ4v) is 5.54. The van der Waals surface area contributed by atoms with Gasteiger partial charge >= 0.3 is 6.03 Å². The van der Waals surface area contributed by atoms with Crippen LogP contribution in [0.3, 0.4) is 0 Å². The van der Waals surface area contributed by atoms with Gasteiger partial charge < -0.3 is 24.6 Å². The van der Waals surface area contributed by atoms with E-state index in [-0.39, 0.29) is 44.8 Å². The van der Waals surface area contributed by atoms with Crippen LogP contribution in [0.15, 0.2) is 78.9 Å². The summed E-state index contributed by atoms with van der Waals surface area (Å²) in [6.45, 7) is 0.727. The summed E-state index contributed by atoms with van der Waals surface area (Å²) in [4.78, 5) is 44.7. The normalized spacial score (nSPS) is 20.0. The molecule has 3 aliphatic rings. The molecule has 10 nitrogen and oxygen atoms in total. The summed E-state index contributed by atoms with van der Waals surface area (Å²) in [7, 11) is 0. The number of benzene rings is 3. The highest BCUT2D eigenvalue weighted by Gasteiger charge is 2.51. The van der Waals surface area contributed by atoms with E-state index in [1.165, 1.54) is 9.91 Å². The van der Waals surface area contributed by atoms with E-state index < -0.39 is 18.2 Å². The molecule has 2 saturated heterocycles. The summed E-state index contributed by atoms with van der Waals surface area (Å²) >= 11 is 0. The van der Waals surface area contributed by atoms with Crippen molar-refractivity contribution in [2.45, 2.75) is 25.3 Å². The fourth-order valence-electron chi connectivity index (χ4n) is 5.54. The molecule has 1 N–H and O–H groups in total. The van der Waals surface area contributed by atoms with E-state index in [1.54, 1.807) is 9.91 Å². The molecule has 0 saturated carbocycles. The number of carbonyl (C=O) groups excluding carboxylic acids is 3. The summed E-state index contributed by atoms with van der Waals surface area (Å²) in [6, 6.07) is 22.9. The first-order valence-electron chi connectivity index (χ1n) is 13.4. The van der Waals surface area contributed by atoms with Gasteiger partial charge in [0.2, 0.25) is 12.7 Å². The number of ether oxygens (including phenoxy) is 2. The molecule has 0 unspecified atom stereocenters. The van der Waals surface area contributed by atoms with Crippen molar-refractivity contribution < 1.29 is 23.9 Å². The Morgan fingerprint density at radius 2 is 1.68 bits per heavy atom. The van der Waals surface area contributed by atoms with E-state index in [1.807, 2.05) is 78.9 Å². The van der Waals surface area contributed by atoms with Crippen LogP contribution in [0.25, 0.3) is 0 Å². The number of urea groups is 1. The maximum Gasteiger partial charge on any atom is 0.334 e. The molecule has 2 fully saturated rings. The molecular formula is C31H29N5O5.